The van der Waals surface area contributed by atoms with Crippen molar-refractivity contribution < 1.29 is 19.0 Å². The number of carbonyl (C=O) groups excluding carboxylic acids is 1. The number of fused-ring (bicyclic) bond motifs is 1. The van der Waals surface area contributed by atoms with Crippen LogP contribution in [-0.2, 0) is 19.8 Å². The number of amides is 1. The number of ether oxygens (including phenoxy) is 3. The van der Waals surface area contributed by atoms with E-state index in [1.54, 1.807) is 4.90 Å². The summed E-state index contributed by atoms with van der Waals surface area (Å²) in [5, 5.41) is 0. The van der Waals surface area contributed by atoms with Crippen LogP contribution in [0.15, 0.2) is 30.3 Å². The van der Waals surface area contributed by atoms with Crippen LogP contribution in [0.2, 0.25) is 0 Å². The largest absolute Gasteiger partial charge is 0.444 e. The van der Waals surface area contributed by atoms with E-state index in [0.717, 1.165) is 5.56 Å². The number of likely N-dealkylation sites (tertiary alicyclic amines) is 1. The molecule has 1 aromatic carbocycles. The molecule has 0 bridgehead atoms. The Kier molecular flexibility index (Phi) is 4.34. The van der Waals surface area contributed by atoms with Crippen LogP contribution in [0.3, 0.4) is 0 Å². The lowest BCUT2D eigenvalue weighted by atomic mass is 9.81. The first kappa shape index (κ1) is 16.3. The van der Waals surface area contributed by atoms with Crippen LogP contribution in [0.5, 0.6) is 0 Å². The van der Waals surface area contributed by atoms with Crippen LogP contribution in [0.25, 0.3) is 0 Å². The fraction of sp³-hybridized carbons (Fsp3) is 0.611. The average Bonchev–Trinajstić information content (AvgIpc) is 2.53. The maximum atomic E-state index is 12.3. The molecule has 0 radical (unpaired) electrons. The number of rotatable bonds is 1. The summed E-state index contributed by atoms with van der Waals surface area (Å²) >= 11 is 0. The highest BCUT2D eigenvalue weighted by atomic mass is 16.6. The Morgan fingerprint density at radius 2 is 2.00 bits per heavy atom. The van der Waals surface area contributed by atoms with Gasteiger partial charge in [0, 0.05) is 13.0 Å². The second-order valence-electron chi connectivity index (χ2n) is 7.14. The minimum atomic E-state index is -0.491. The van der Waals surface area contributed by atoms with E-state index in [0.29, 0.717) is 32.7 Å². The molecule has 2 aliphatic heterocycles. The molecule has 0 spiro atoms. The SMILES string of the molecule is CC(C)(C)OC(=O)N1CC[C@@]2(c3ccccc3)OCCO[C@H]2C1. The minimum Gasteiger partial charge on any atom is -0.444 e. The molecule has 0 saturated carbocycles. The van der Waals surface area contributed by atoms with Gasteiger partial charge < -0.3 is 19.1 Å². The van der Waals surface area contributed by atoms with E-state index in [1.807, 2.05) is 39.0 Å². The highest BCUT2D eigenvalue weighted by Crippen LogP contribution is 2.40. The van der Waals surface area contributed by atoms with Crippen molar-refractivity contribution in [3.05, 3.63) is 35.9 Å². The van der Waals surface area contributed by atoms with Crippen molar-refractivity contribution in [2.75, 3.05) is 26.3 Å². The molecule has 0 aromatic heterocycles. The van der Waals surface area contributed by atoms with Gasteiger partial charge in [-0.1, -0.05) is 30.3 Å². The van der Waals surface area contributed by atoms with Crippen molar-refractivity contribution in [2.45, 2.75) is 44.5 Å². The third kappa shape index (κ3) is 3.35. The van der Waals surface area contributed by atoms with E-state index in [-0.39, 0.29) is 12.2 Å². The zero-order valence-electron chi connectivity index (χ0n) is 14.1. The molecule has 2 heterocycles. The number of nitrogens with zero attached hydrogens (tertiary/aromatic N) is 1. The minimum absolute atomic E-state index is 0.167. The molecule has 5 heteroatoms. The maximum Gasteiger partial charge on any atom is 0.410 e. The summed E-state index contributed by atoms with van der Waals surface area (Å²) < 4.78 is 17.6. The highest BCUT2D eigenvalue weighted by Gasteiger charge is 2.49. The molecular weight excluding hydrogens is 294 g/mol. The lowest BCUT2D eigenvalue weighted by Gasteiger charge is -2.49. The summed E-state index contributed by atoms with van der Waals surface area (Å²) in [5.74, 6) is 0. The van der Waals surface area contributed by atoms with Crippen LogP contribution in [0.1, 0.15) is 32.8 Å². The molecule has 0 unspecified atom stereocenters. The summed E-state index contributed by atoms with van der Waals surface area (Å²) in [7, 11) is 0. The smallest absolute Gasteiger partial charge is 0.410 e. The first-order valence-corrected chi connectivity index (χ1v) is 8.20. The van der Waals surface area contributed by atoms with Gasteiger partial charge in [0.2, 0.25) is 0 Å². The maximum absolute atomic E-state index is 12.3. The Bertz CT molecular complexity index is 554. The van der Waals surface area contributed by atoms with Crippen molar-refractivity contribution in [3.8, 4) is 0 Å². The predicted molar refractivity (Wildman–Crippen MR) is 86.2 cm³/mol. The van der Waals surface area contributed by atoms with Gasteiger partial charge in [0.05, 0.1) is 19.8 Å². The standard InChI is InChI=1S/C18H25NO4/c1-17(2,3)23-16(20)19-10-9-18(14-7-5-4-6-8-14)15(13-19)21-11-12-22-18/h4-8,15H,9-13H2,1-3H3/t15-,18-/m0/s1. The van der Waals surface area contributed by atoms with E-state index in [2.05, 4.69) is 12.1 Å². The first-order valence-electron chi connectivity index (χ1n) is 8.20. The third-order valence-corrected chi connectivity index (χ3v) is 4.34. The zero-order chi connectivity index (χ0) is 16.5. The lowest BCUT2D eigenvalue weighted by Crippen LogP contribution is -2.60. The molecule has 126 valence electrons. The molecule has 1 aromatic rings. The monoisotopic (exact) mass is 319 g/mol. The van der Waals surface area contributed by atoms with Gasteiger partial charge in [-0.3, -0.25) is 0 Å². The van der Waals surface area contributed by atoms with Gasteiger partial charge in [-0.25, -0.2) is 4.79 Å². The van der Waals surface area contributed by atoms with Crippen LogP contribution < -0.4 is 0 Å². The van der Waals surface area contributed by atoms with Crippen molar-refractivity contribution in [3.63, 3.8) is 0 Å². The number of hydrogen-bond acceptors (Lipinski definition) is 4. The van der Waals surface area contributed by atoms with E-state index >= 15 is 0 Å². The quantitative estimate of drug-likeness (QED) is 0.798. The molecule has 23 heavy (non-hydrogen) atoms. The predicted octanol–water partition coefficient (Wildman–Crippen LogP) is 2.94. The topological polar surface area (TPSA) is 48.0 Å². The van der Waals surface area contributed by atoms with E-state index in [1.165, 1.54) is 0 Å². The summed E-state index contributed by atoms with van der Waals surface area (Å²) in [6.07, 6.45) is 0.259. The van der Waals surface area contributed by atoms with Gasteiger partial charge in [-0.15, -0.1) is 0 Å². The van der Waals surface area contributed by atoms with Gasteiger partial charge in [0.1, 0.15) is 17.3 Å². The van der Waals surface area contributed by atoms with Crippen molar-refractivity contribution in [2.24, 2.45) is 0 Å². The fourth-order valence-electron chi connectivity index (χ4n) is 3.29. The molecular formula is C18H25NO4. The van der Waals surface area contributed by atoms with E-state index < -0.39 is 11.2 Å². The van der Waals surface area contributed by atoms with Gasteiger partial charge in [-0.05, 0) is 26.3 Å². The van der Waals surface area contributed by atoms with Gasteiger partial charge in [0.25, 0.3) is 0 Å². The fourth-order valence-corrected chi connectivity index (χ4v) is 3.29. The van der Waals surface area contributed by atoms with E-state index in [4.69, 9.17) is 14.2 Å². The molecule has 2 saturated heterocycles. The Labute approximate surface area is 137 Å². The molecule has 2 aliphatic rings. The second kappa shape index (κ2) is 6.13. The molecule has 2 fully saturated rings. The normalized spacial score (nSPS) is 28.1. The number of carbonyl (C=O) groups is 1. The molecule has 2 atom stereocenters. The van der Waals surface area contributed by atoms with Crippen LogP contribution in [0, 0.1) is 0 Å². The summed E-state index contributed by atoms with van der Waals surface area (Å²) in [6.45, 7) is 7.86. The highest BCUT2D eigenvalue weighted by molar-refractivity contribution is 5.68. The molecule has 3 rings (SSSR count). The average molecular weight is 319 g/mol. The number of hydrogen-bond donors (Lipinski definition) is 0. The Balaban J connectivity index is 1.78. The Morgan fingerprint density at radius 1 is 1.26 bits per heavy atom. The van der Waals surface area contributed by atoms with Crippen LogP contribution in [-0.4, -0.2) is 49.0 Å². The number of benzene rings is 1. The first-order chi connectivity index (χ1) is 10.9. The second-order valence-corrected chi connectivity index (χ2v) is 7.14. The Morgan fingerprint density at radius 3 is 2.70 bits per heavy atom. The van der Waals surface area contributed by atoms with E-state index in [9.17, 15) is 4.79 Å². The number of piperidine rings is 1. The van der Waals surface area contributed by atoms with Crippen LogP contribution >= 0.6 is 0 Å². The molecule has 0 aliphatic carbocycles. The van der Waals surface area contributed by atoms with Gasteiger partial charge in [0.15, 0.2) is 0 Å². The Hall–Kier alpha value is -1.59. The lowest BCUT2D eigenvalue weighted by molar-refractivity contribution is -0.230. The van der Waals surface area contributed by atoms with Gasteiger partial charge in [-0.2, -0.15) is 0 Å². The van der Waals surface area contributed by atoms with Crippen LogP contribution in [0.4, 0.5) is 4.79 Å². The van der Waals surface area contributed by atoms with Gasteiger partial charge >= 0.3 is 6.09 Å². The molecule has 0 N–H and O–H groups in total. The summed E-state index contributed by atoms with van der Waals surface area (Å²) in [6, 6.07) is 10.2. The summed E-state index contributed by atoms with van der Waals surface area (Å²) in [4.78, 5) is 14.1. The van der Waals surface area contributed by atoms with Crippen molar-refractivity contribution >= 4 is 6.09 Å². The third-order valence-electron chi connectivity index (χ3n) is 4.34. The zero-order valence-corrected chi connectivity index (χ0v) is 14.1. The summed E-state index contributed by atoms with van der Waals surface area (Å²) in [5.41, 5.74) is 0.168. The van der Waals surface area contributed by atoms with Crippen molar-refractivity contribution in [1.29, 1.82) is 0 Å². The van der Waals surface area contributed by atoms with Crippen molar-refractivity contribution in [1.82, 2.24) is 4.90 Å². The molecule has 1 amide bonds. The molecule has 5 nitrogen and oxygen atoms in total.